The van der Waals surface area contributed by atoms with E-state index < -0.39 is 0 Å². The molecule has 0 fully saturated rings. The van der Waals surface area contributed by atoms with E-state index in [-0.39, 0.29) is 32.7 Å². The first-order valence-electron chi connectivity index (χ1n) is 10.4. The number of rotatable bonds is 14. The van der Waals surface area contributed by atoms with Crippen molar-refractivity contribution in [2.45, 2.75) is 32.6 Å². The predicted octanol–water partition coefficient (Wildman–Crippen LogP) is 3.80. The zero-order valence-electron chi connectivity index (χ0n) is 18.2. The molecule has 2 aromatic rings. The lowest BCUT2D eigenvalue weighted by molar-refractivity contribution is 0.0457. The van der Waals surface area contributed by atoms with Crippen molar-refractivity contribution < 1.29 is 29.2 Å². The summed E-state index contributed by atoms with van der Waals surface area (Å²) < 4.78 is 22.1. The van der Waals surface area contributed by atoms with Gasteiger partial charge in [-0.25, -0.2) is 0 Å². The molecule has 0 aliphatic carbocycles. The van der Waals surface area contributed by atoms with Crippen LogP contribution in [0.4, 0.5) is 0 Å². The van der Waals surface area contributed by atoms with E-state index in [9.17, 15) is 10.2 Å². The molecule has 2 rings (SSSR count). The number of benzene rings is 2. The first-order chi connectivity index (χ1) is 14.7. The van der Waals surface area contributed by atoms with Crippen molar-refractivity contribution in [2.24, 2.45) is 5.92 Å². The first kappa shape index (κ1) is 24.2. The number of methoxy groups -OCH3 is 2. The first-order valence-corrected chi connectivity index (χ1v) is 10.4. The van der Waals surface area contributed by atoms with E-state index in [4.69, 9.17) is 18.9 Å². The molecule has 0 saturated heterocycles. The minimum atomic E-state index is -0.104. The fourth-order valence-corrected chi connectivity index (χ4v) is 3.61. The highest BCUT2D eigenvalue weighted by Gasteiger charge is 2.21. The summed E-state index contributed by atoms with van der Waals surface area (Å²) in [6.45, 7) is 2.36. The second kappa shape index (κ2) is 13.2. The Morgan fingerprint density at radius 1 is 0.867 bits per heavy atom. The van der Waals surface area contributed by atoms with Crippen LogP contribution >= 0.6 is 0 Å². The van der Waals surface area contributed by atoms with E-state index in [2.05, 4.69) is 19.1 Å². The summed E-state index contributed by atoms with van der Waals surface area (Å²) in [6, 6.07) is 12.0. The Balaban J connectivity index is 2.55. The molecule has 0 aromatic heterocycles. The monoisotopic (exact) mass is 418 g/mol. The topological polar surface area (TPSA) is 77.4 Å². The molecule has 0 aliphatic rings. The normalized spacial score (nSPS) is 11.1. The minimum Gasteiger partial charge on any atom is -0.467 e. The lowest BCUT2D eigenvalue weighted by Crippen LogP contribution is -2.12. The highest BCUT2D eigenvalue weighted by molar-refractivity contribution is 5.77. The summed E-state index contributed by atoms with van der Waals surface area (Å²) in [5.74, 6) is 1.33. The average molecular weight is 419 g/mol. The van der Waals surface area contributed by atoms with Gasteiger partial charge in [-0.15, -0.1) is 0 Å². The van der Waals surface area contributed by atoms with Gasteiger partial charge in [0.2, 0.25) is 0 Å². The molecule has 2 aromatic carbocycles. The Labute approximate surface area is 179 Å². The van der Waals surface area contributed by atoms with Gasteiger partial charge in [0, 0.05) is 45.0 Å². The van der Waals surface area contributed by atoms with E-state index in [1.54, 1.807) is 14.2 Å². The van der Waals surface area contributed by atoms with Gasteiger partial charge >= 0.3 is 0 Å². The maximum absolute atomic E-state index is 9.41. The Hall–Kier alpha value is -2.12. The van der Waals surface area contributed by atoms with Crippen molar-refractivity contribution in [3.63, 3.8) is 0 Å². The third-order valence-electron chi connectivity index (χ3n) is 5.11. The molecule has 0 heterocycles. The summed E-state index contributed by atoms with van der Waals surface area (Å²) >= 11 is 0. The molecule has 166 valence electrons. The fourth-order valence-electron chi connectivity index (χ4n) is 3.61. The van der Waals surface area contributed by atoms with E-state index in [0.29, 0.717) is 5.75 Å². The van der Waals surface area contributed by atoms with Gasteiger partial charge in [0.15, 0.2) is 13.6 Å². The number of aliphatic hydroxyl groups is 2. The van der Waals surface area contributed by atoms with Crippen molar-refractivity contribution >= 4 is 0 Å². The van der Waals surface area contributed by atoms with E-state index in [0.717, 1.165) is 53.7 Å². The van der Waals surface area contributed by atoms with E-state index in [1.165, 1.54) is 0 Å². The van der Waals surface area contributed by atoms with Crippen LogP contribution in [0, 0.1) is 5.92 Å². The second-order valence-corrected chi connectivity index (χ2v) is 7.15. The molecule has 6 heteroatoms. The molecule has 6 nitrogen and oxygen atoms in total. The molecule has 0 unspecified atom stereocenters. The van der Waals surface area contributed by atoms with Gasteiger partial charge in [0.05, 0.1) is 0 Å². The van der Waals surface area contributed by atoms with E-state index >= 15 is 0 Å². The maximum atomic E-state index is 9.41. The van der Waals surface area contributed by atoms with Crippen LogP contribution in [0.3, 0.4) is 0 Å². The van der Waals surface area contributed by atoms with Crippen molar-refractivity contribution in [1.29, 1.82) is 0 Å². The van der Waals surface area contributed by atoms with E-state index in [1.807, 2.05) is 24.3 Å². The van der Waals surface area contributed by atoms with Crippen LogP contribution in [0.25, 0.3) is 11.1 Å². The Kier molecular flexibility index (Phi) is 10.7. The van der Waals surface area contributed by atoms with Gasteiger partial charge < -0.3 is 29.2 Å². The van der Waals surface area contributed by atoms with Crippen molar-refractivity contribution in [3.05, 3.63) is 47.5 Å². The Morgan fingerprint density at radius 2 is 1.50 bits per heavy atom. The molecule has 0 aliphatic heterocycles. The molecular weight excluding hydrogens is 384 g/mol. The molecule has 0 radical (unpaired) electrons. The smallest absolute Gasteiger partial charge is 0.188 e. The lowest BCUT2D eigenvalue weighted by atomic mass is 9.88. The largest absolute Gasteiger partial charge is 0.467 e. The molecule has 0 spiro atoms. The molecule has 30 heavy (non-hydrogen) atoms. The van der Waals surface area contributed by atoms with Gasteiger partial charge in [-0.3, -0.25) is 0 Å². The Morgan fingerprint density at radius 3 is 2.07 bits per heavy atom. The van der Waals surface area contributed by atoms with Gasteiger partial charge in [-0.1, -0.05) is 37.3 Å². The molecule has 0 atom stereocenters. The summed E-state index contributed by atoms with van der Waals surface area (Å²) in [5, 5.41) is 18.8. The van der Waals surface area contributed by atoms with Gasteiger partial charge in [-0.05, 0) is 42.4 Å². The summed E-state index contributed by atoms with van der Waals surface area (Å²) in [4.78, 5) is 0. The van der Waals surface area contributed by atoms with Crippen LogP contribution in [0.15, 0.2) is 36.4 Å². The zero-order valence-corrected chi connectivity index (χ0v) is 18.2. The third kappa shape index (κ3) is 6.44. The molecule has 0 amide bonds. The fraction of sp³-hybridized carbons (Fsp3) is 0.500. The van der Waals surface area contributed by atoms with Gasteiger partial charge in [-0.2, -0.15) is 0 Å². The van der Waals surface area contributed by atoms with Gasteiger partial charge in [0.25, 0.3) is 0 Å². The van der Waals surface area contributed by atoms with Crippen LogP contribution < -0.4 is 9.47 Å². The van der Waals surface area contributed by atoms with Crippen molar-refractivity contribution in [2.75, 3.05) is 41.0 Å². The van der Waals surface area contributed by atoms with Crippen LogP contribution in [-0.2, 0) is 22.3 Å². The third-order valence-corrected chi connectivity index (χ3v) is 5.11. The van der Waals surface area contributed by atoms with Crippen LogP contribution in [0.5, 0.6) is 11.5 Å². The molecule has 0 saturated carbocycles. The van der Waals surface area contributed by atoms with Crippen LogP contribution in [-0.4, -0.2) is 51.2 Å². The summed E-state index contributed by atoms with van der Waals surface area (Å²) in [5.41, 5.74) is 4.35. The van der Waals surface area contributed by atoms with Crippen molar-refractivity contribution in [3.8, 4) is 22.6 Å². The average Bonchev–Trinajstić information content (AvgIpc) is 2.79. The molecular formula is C24H34O6. The summed E-state index contributed by atoms with van der Waals surface area (Å²) in [6.07, 6.45) is 3.14. The highest BCUT2D eigenvalue weighted by Crippen LogP contribution is 2.42. The number of aliphatic hydroxyl groups excluding tert-OH is 2. The minimum absolute atomic E-state index is 0.0120. The maximum Gasteiger partial charge on any atom is 0.188 e. The Bertz CT molecular complexity index is 743. The summed E-state index contributed by atoms with van der Waals surface area (Å²) in [7, 11) is 3.19. The SMILES string of the molecule is CCc1c(OCOC)cc(OCOC)c(-c2ccccc2)c1CCCC(CO)CO. The molecule has 2 N–H and O–H groups in total. The number of hydrogen-bond acceptors (Lipinski definition) is 6. The lowest BCUT2D eigenvalue weighted by Gasteiger charge is -2.23. The van der Waals surface area contributed by atoms with Crippen LogP contribution in [0.1, 0.15) is 30.9 Å². The van der Waals surface area contributed by atoms with Crippen LogP contribution in [0.2, 0.25) is 0 Å². The standard InChI is InChI=1S/C24H34O6/c1-4-20-21(12-8-9-18(14-25)15-26)24(19-10-6-5-7-11-19)23(30-17-28-3)13-22(20)29-16-27-2/h5-7,10-11,13,18,25-26H,4,8-9,12,14-17H2,1-3H3. The number of hydrogen-bond donors (Lipinski definition) is 2. The highest BCUT2D eigenvalue weighted by atomic mass is 16.7. The zero-order chi connectivity index (χ0) is 21.8. The second-order valence-electron chi connectivity index (χ2n) is 7.15. The molecule has 0 bridgehead atoms. The quantitative estimate of drug-likeness (QED) is 0.455. The van der Waals surface area contributed by atoms with Crippen molar-refractivity contribution in [1.82, 2.24) is 0 Å². The van der Waals surface area contributed by atoms with Gasteiger partial charge in [0.1, 0.15) is 11.5 Å². The predicted molar refractivity (Wildman–Crippen MR) is 117 cm³/mol. The number of ether oxygens (including phenoxy) is 4.